The summed E-state index contributed by atoms with van der Waals surface area (Å²) in [6, 6.07) is 10.5. The first kappa shape index (κ1) is 12.6. The van der Waals surface area contributed by atoms with E-state index in [0.717, 1.165) is 24.4 Å². The molecule has 0 aliphatic heterocycles. The summed E-state index contributed by atoms with van der Waals surface area (Å²) in [5.74, 6) is 0. The van der Waals surface area contributed by atoms with E-state index >= 15 is 0 Å². The van der Waals surface area contributed by atoms with Gasteiger partial charge in [0, 0.05) is 32.2 Å². The predicted octanol–water partition coefficient (Wildman–Crippen LogP) is 2.71. The molecule has 0 bridgehead atoms. The molecular formula is C14H19N3O. The number of para-hydroxylation sites is 2. The molecule has 0 aliphatic rings. The highest BCUT2D eigenvalue weighted by Gasteiger charge is 2.07. The van der Waals surface area contributed by atoms with Gasteiger partial charge in [0.15, 0.2) is 0 Å². The van der Waals surface area contributed by atoms with Gasteiger partial charge in [-0.1, -0.05) is 12.1 Å². The number of benzene rings is 1. The molecule has 4 heteroatoms. The minimum absolute atomic E-state index is 0.363. The van der Waals surface area contributed by atoms with Crippen LogP contribution in [0.3, 0.4) is 0 Å². The molecule has 1 aromatic carbocycles. The summed E-state index contributed by atoms with van der Waals surface area (Å²) < 4.78 is 6.96. The molecule has 1 aromatic heterocycles. The molecule has 1 unspecified atom stereocenters. The van der Waals surface area contributed by atoms with E-state index in [1.165, 1.54) is 0 Å². The second-order valence-electron chi connectivity index (χ2n) is 4.29. The lowest BCUT2D eigenvalue weighted by Gasteiger charge is -2.17. The molecule has 1 N–H and O–H groups in total. The Morgan fingerprint density at radius 3 is 2.89 bits per heavy atom. The molecule has 2 rings (SSSR count). The van der Waals surface area contributed by atoms with Gasteiger partial charge in [-0.3, -0.25) is 0 Å². The maximum Gasteiger partial charge on any atom is 0.0876 e. The average Bonchev–Trinajstić information content (AvgIpc) is 2.91. The quantitative estimate of drug-likeness (QED) is 0.850. The van der Waals surface area contributed by atoms with E-state index in [0.29, 0.717) is 6.04 Å². The molecule has 0 fully saturated rings. The molecule has 0 amide bonds. The van der Waals surface area contributed by atoms with Gasteiger partial charge in [0.05, 0.1) is 11.4 Å². The molecule has 2 aromatic rings. The smallest absolute Gasteiger partial charge is 0.0876 e. The monoisotopic (exact) mass is 245 g/mol. The number of nitrogens with zero attached hydrogens (tertiary/aromatic N) is 2. The number of methoxy groups -OCH3 is 1. The average molecular weight is 245 g/mol. The first-order valence-corrected chi connectivity index (χ1v) is 6.16. The van der Waals surface area contributed by atoms with E-state index in [-0.39, 0.29) is 0 Å². The number of hydrogen-bond donors (Lipinski definition) is 1. The van der Waals surface area contributed by atoms with Gasteiger partial charge in [-0.15, -0.1) is 0 Å². The zero-order valence-corrected chi connectivity index (χ0v) is 10.8. The van der Waals surface area contributed by atoms with Gasteiger partial charge in [-0.25, -0.2) is 4.68 Å². The largest absolute Gasteiger partial charge is 0.385 e. The molecule has 18 heavy (non-hydrogen) atoms. The van der Waals surface area contributed by atoms with Crippen molar-refractivity contribution in [3.8, 4) is 5.69 Å². The van der Waals surface area contributed by atoms with Crippen LogP contribution < -0.4 is 5.32 Å². The van der Waals surface area contributed by atoms with E-state index < -0.39 is 0 Å². The molecule has 0 radical (unpaired) electrons. The van der Waals surface area contributed by atoms with E-state index in [2.05, 4.69) is 29.5 Å². The molecule has 96 valence electrons. The summed E-state index contributed by atoms with van der Waals surface area (Å²) in [7, 11) is 1.73. The third-order valence-corrected chi connectivity index (χ3v) is 2.81. The van der Waals surface area contributed by atoms with Crippen LogP contribution in [0.25, 0.3) is 5.69 Å². The van der Waals surface area contributed by atoms with E-state index in [1.807, 2.05) is 29.1 Å². The zero-order valence-electron chi connectivity index (χ0n) is 10.8. The van der Waals surface area contributed by atoms with Crippen molar-refractivity contribution in [1.29, 1.82) is 0 Å². The van der Waals surface area contributed by atoms with Crippen molar-refractivity contribution in [3.63, 3.8) is 0 Å². The number of rotatable bonds is 6. The molecule has 1 atom stereocenters. The van der Waals surface area contributed by atoms with Crippen molar-refractivity contribution in [3.05, 3.63) is 42.7 Å². The normalized spacial score (nSPS) is 12.3. The Labute approximate surface area is 108 Å². The van der Waals surface area contributed by atoms with Crippen LogP contribution >= 0.6 is 0 Å². The lowest BCUT2D eigenvalue weighted by Crippen LogP contribution is -2.18. The van der Waals surface area contributed by atoms with E-state index in [4.69, 9.17) is 4.74 Å². The van der Waals surface area contributed by atoms with Crippen molar-refractivity contribution in [1.82, 2.24) is 9.78 Å². The summed E-state index contributed by atoms with van der Waals surface area (Å²) in [5, 5.41) is 7.76. The van der Waals surface area contributed by atoms with Crippen LogP contribution in [-0.2, 0) is 4.74 Å². The third-order valence-electron chi connectivity index (χ3n) is 2.81. The number of aromatic nitrogens is 2. The summed E-state index contributed by atoms with van der Waals surface area (Å²) in [6.45, 7) is 2.91. The van der Waals surface area contributed by atoms with Gasteiger partial charge < -0.3 is 10.1 Å². The first-order chi connectivity index (χ1) is 8.81. The SMILES string of the molecule is COCCC(C)Nc1ccccc1-n1cccn1. The van der Waals surface area contributed by atoms with Gasteiger partial charge in [0.2, 0.25) is 0 Å². The Hall–Kier alpha value is -1.81. The predicted molar refractivity (Wildman–Crippen MR) is 73.1 cm³/mol. The van der Waals surface area contributed by atoms with E-state index in [1.54, 1.807) is 13.3 Å². The fourth-order valence-electron chi connectivity index (χ4n) is 1.84. The molecule has 0 saturated heterocycles. The van der Waals surface area contributed by atoms with Gasteiger partial charge in [0.25, 0.3) is 0 Å². The maximum atomic E-state index is 5.10. The minimum atomic E-state index is 0.363. The van der Waals surface area contributed by atoms with Crippen molar-refractivity contribution in [2.45, 2.75) is 19.4 Å². The number of anilines is 1. The fraction of sp³-hybridized carbons (Fsp3) is 0.357. The van der Waals surface area contributed by atoms with Gasteiger partial charge in [0.1, 0.15) is 0 Å². The lowest BCUT2D eigenvalue weighted by atomic mass is 10.2. The standard InChI is InChI=1S/C14H19N3O/c1-12(8-11-18-2)16-13-6-3-4-7-14(13)17-10-5-9-15-17/h3-7,9-10,12,16H,8,11H2,1-2H3. The zero-order chi connectivity index (χ0) is 12.8. The van der Waals surface area contributed by atoms with Crippen molar-refractivity contribution >= 4 is 5.69 Å². The van der Waals surface area contributed by atoms with Crippen LogP contribution in [0.15, 0.2) is 42.7 Å². The Morgan fingerprint density at radius 1 is 1.33 bits per heavy atom. The van der Waals surface area contributed by atoms with Gasteiger partial charge in [-0.05, 0) is 31.5 Å². The second kappa shape index (κ2) is 6.21. The van der Waals surface area contributed by atoms with Gasteiger partial charge in [-0.2, -0.15) is 5.10 Å². The lowest BCUT2D eigenvalue weighted by molar-refractivity contribution is 0.191. The molecule has 0 aliphatic carbocycles. The maximum absolute atomic E-state index is 5.10. The van der Waals surface area contributed by atoms with Crippen LogP contribution in [0.5, 0.6) is 0 Å². The summed E-state index contributed by atoms with van der Waals surface area (Å²) in [4.78, 5) is 0. The topological polar surface area (TPSA) is 39.1 Å². The minimum Gasteiger partial charge on any atom is -0.385 e. The molecule has 1 heterocycles. The highest BCUT2D eigenvalue weighted by molar-refractivity contribution is 5.60. The fourth-order valence-corrected chi connectivity index (χ4v) is 1.84. The summed E-state index contributed by atoms with van der Waals surface area (Å²) in [5.41, 5.74) is 2.15. The Kier molecular flexibility index (Phi) is 4.36. The first-order valence-electron chi connectivity index (χ1n) is 6.16. The highest BCUT2D eigenvalue weighted by atomic mass is 16.5. The van der Waals surface area contributed by atoms with E-state index in [9.17, 15) is 0 Å². The summed E-state index contributed by atoms with van der Waals surface area (Å²) in [6.07, 6.45) is 4.70. The van der Waals surface area contributed by atoms with Crippen LogP contribution in [0, 0.1) is 0 Å². The Morgan fingerprint density at radius 2 is 2.17 bits per heavy atom. The molecule has 4 nitrogen and oxygen atoms in total. The van der Waals surface area contributed by atoms with Crippen molar-refractivity contribution < 1.29 is 4.74 Å². The molecular weight excluding hydrogens is 226 g/mol. The number of nitrogens with one attached hydrogen (secondary N) is 1. The van der Waals surface area contributed by atoms with Crippen LogP contribution in [0.1, 0.15) is 13.3 Å². The second-order valence-corrected chi connectivity index (χ2v) is 4.29. The molecule has 0 spiro atoms. The Bertz CT molecular complexity index is 468. The van der Waals surface area contributed by atoms with Crippen molar-refractivity contribution in [2.24, 2.45) is 0 Å². The Balaban J connectivity index is 2.13. The summed E-state index contributed by atoms with van der Waals surface area (Å²) >= 11 is 0. The molecule has 0 saturated carbocycles. The van der Waals surface area contributed by atoms with Crippen LogP contribution in [0.4, 0.5) is 5.69 Å². The third kappa shape index (κ3) is 3.11. The van der Waals surface area contributed by atoms with Crippen LogP contribution in [0.2, 0.25) is 0 Å². The number of hydrogen-bond acceptors (Lipinski definition) is 3. The highest BCUT2D eigenvalue weighted by Crippen LogP contribution is 2.20. The van der Waals surface area contributed by atoms with Crippen LogP contribution in [-0.4, -0.2) is 29.5 Å². The van der Waals surface area contributed by atoms with Gasteiger partial charge >= 0.3 is 0 Å². The number of ether oxygens (including phenoxy) is 1. The van der Waals surface area contributed by atoms with Crippen molar-refractivity contribution in [2.75, 3.05) is 19.0 Å².